The SMILES string of the molecule is CC(CCC(=O)O)NC(=O)c1csc(-c2cc(Br)cs2)n1. The van der Waals surface area contributed by atoms with Crippen LogP contribution in [0.1, 0.15) is 30.3 Å². The fraction of sp³-hybridized carbons (Fsp3) is 0.308. The summed E-state index contributed by atoms with van der Waals surface area (Å²) in [6.45, 7) is 1.78. The Morgan fingerprint density at radius 1 is 1.43 bits per heavy atom. The summed E-state index contributed by atoms with van der Waals surface area (Å²) in [5.41, 5.74) is 0.363. The first-order valence-electron chi connectivity index (χ1n) is 6.18. The summed E-state index contributed by atoms with van der Waals surface area (Å²) in [6, 6.07) is 1.76. The van der Waals surface area contributed by atoms with Crippen LogP contribution < -0.4 is 5.32 Å². The number of halogens is 1. The maximum atomic E-state index is 12.0. The topological polar surface area (TPSA) is 79.3 Å². The van der Waals surface area contributed by atoms with Crippen molar-refractivity contribution in [3.8, 4) is 9.88 Å². The third kappa shape index (κ3) is 4.62. The van der Waals surface area contributed by atoms with Gasteiger partial charge in [-0.3, -0.25) is 9.59 Å². The monoisotopic (exact) mass is 388 g/mol. The first kappa shape index (κ1) is 16.1. The summed E-state index contributed by atoms with van der Waals surface area (Å²) in [7, 11) is 0. The van der Waals surface area contributed by atoms with E-state index in [0.29, 0.717) is 12.1 Å². The van der Waals surface area contributed by atoms with E-state index in [1.165, 1.54) is 11.3 Å². The van der Waals surface area contributed by atoms with Crippen molar-refractivity contribution >= 4 is 50.5 Å². The van der Waals surface area contributed by atoms with Crippen molar-refractivity contribution in [2.75, 3.05) is 0 Å². The Morgan fingerprint density at radius 2 is 2.19 bits per heavy atom. The van der Waals surface area contributed by atoms with Crippen LogP contribution in [0.2, 0.25) is 0 Å². The number of hydrogen-bond acceptors (Lipinski definition) is 5. The molecule has 1 atom stereocenters. The summed E-state index contributed by atoms with van der Waals surface area (Å²) >= 11 is 6.36. The van der Waals surface area contributed by atoms with Gasteiger partial charge in [0.25, 0.3) is 5.91 Å². The number of aliphatic carboxylic acids is 1. The standard InChI is InChI=1S/C13H13BrN2O3S2/c1-7(2-3-11(17)18)15-12(19)9-6-21-13(16-9)10-4-8(14)5-20-10/h4-7H,2-3H2,1H3,(H,15,19)(H,17,18). The predicted octanol–water partition coefficient (Wildman–Crippen LogP) is 3.62. The largest absolute Gasteiger partial charge is 0.481 e. The number of rotatable bonds is 6. The smallest absolute Gasteiger partial charge is 0.303 e. The molecule has 0 spiro atoms. The molecule has 0 fully saturated rings. The average molecular weight is 389 g/mol. The van der Waals surface area contributed by atoms with Gasteiger partial charge in [-0.2, -0.15) is 0 Å². The lowest BCUT2D eigenvalue weighted by atomic mass is 10.2. The molecule has 2 aromatic rings. The average Bonchev–Trinajstić information content (AvgIpc) is 3.04. The third-order valence-electron chi connectivity index (χ3n) is 2.68. The number of nitrogens with zero attached hydrogens (tertiary/aromatic N) is 1. The summed E-state index contributed by atoms with van der Waals surface area (Å²) in [5.74, 6) is -1.14. The highest BCUT2D eigenvalue weighted by Crippen LogP contribution is 2.31. The lowest BCUT2D eigenvalue weighted by molar-refractivity contribution is -0.137. The maximum Gasteiger partial charge on any atom is 0.303 e. The van der Waals surface area contributed by atoms with Gasteiger partial charge < -0.3 is 10.4 Å². The van der Waals surface area contributed by atoms with E-state index in [1.54, 1.807) is 23.6 Å². The molecular weight excluding hydrogens is 376 g/mol. The van der Waals surface area contributed by atoms with E-state index in [4.69, 9.17) is 5.11 Å². The number of carboxylic acid groups (broad SMARTS) is 1. The summed E-state index contributed by atoms with van der Waals surface area (Å²) in [4.78, 5) is 27.9. The van der Waals surface area contributed by atoms with E-state index < -0.39 is 5.97 Å². The van der Waals surface area contributed by atoms with Gasteiger partial charge in [-0.05, 0) is 35.3 Å². The number of carbonyl (C=O) groups is 2. The molecule has 112 valence electrons. The van der Waals surface area contributed by atoms with Crippen molar-refractivity contribution in [3.05, 3.63) is 27.0 Å². The van der Waals surface area contributed by atoms with Gasteiger partial charge in [-0.25, -0.2) is 4.98 Å². The van der Waals surface area contributed by atoms with E-state index in [2.05, 4.69) is 26.2 Å². The van der Waals surface area contributed by atoms with E-state index in [9.17, 15) is 9.59 Å². The number of amides is 1. The minimum atomic E-state index is -0.865. The minimum absolute atomic E-state index is 0.0347. The van der Waals surface area contributed by atoms with Crippen LogP contribution in [0, 0.1) is 0 Å². The van der Waals surface area contributed by atoms with E-state index in [1.807, 2.05) is 11.4 Å². The van der Waals surface area contributed by atoms with Crippen molar-refractivity contribution in [1.29, 1.82) is 0 Å². The van der Waals surface area contributed by atoms with Crippen LogP contribution in [0.25, 0.3) is 9.88 Å². The molecule has 2 heterocycles. The maximum absolute atomic E-state index is 12.0. The van der Waals surface area contributed by atoms with Crippen molar-refractivity contribution < 1.29 is 14.7 Å². The van der Waals surface area contributed by atoms with Gasteiger partial charge in [0.2, 0.25) is 0 Å². The van der Waals surface area contributed by atoms with Crippen LogP contribution in [-0.4, -0.2) is 28.0 Å². The fourth-order valence-electron chi connectivity index (χ4n) is 1.63. The summed E-state index contributed by atoms with van der Waals surface area (Å²) in [6.07, 6.45) is 0.433. The molecule has 1 amide bonds. The highest BCUT2D eigenvalue weighted by molar-refractivity contribution is 9.10. The van der Waals surface area contributed by atoms with Gasteiger partial charge >= 0.3 is 5.97 Å². The number of thiazole rings is 1. The zero-order valence-electron chi connectivity index (χ0n) is 11.1. The van der Waals surface area contributed by atoms with Crippen LogP contribution in [0.4, 0.5) is 0 Å². The normalized spacial score (nSPS) is 12.1. The highest BCUT2D eigenvalue weighted by Gasteiger charge is 2.15. The molecule has 0 aliphatic carbocycles. The lowest BCUT2D eigenvalue weighted by Gasteiger charge is -2.11. The molecule has 0 bridgehead atoms. The number of aromatic nitrogens is 1. The number of thiophene rings is 1. The molecule has 2 aromatic heterocycles. The zero-order valence-corrected chi connectivity index (χ0v) is 14.3. The van der Waals surface area contributed by atoms with Crippen LogP contribution in [0.3, 0.4) is 0 Å². The van der Waals surface area contributed by atoms with Crippen LogP contribution >= 0.6 is 38.6 Å². The number of carboxylic acids is 1. The molecule has 0 aliphatic heterocycles. The summed E-state index contributed by atoms with van der Waals surface area (Å²) < 4.78 is 0.992. The number of carbonyl (C=O) groups excluding carboxylic acids is 1. The second kappa shape index (κ2) is 7.15. The predicted molar refractivity (Wildman–Crippen MR) is 86.9 cm³/mol. The Kier molecular flexibility index (Phi) is 5.49. The Labute approximate surface area is 138 Å². The molecule has 0 saturated carbocycles. The second-order valence-corrected chi connectivity index (χ2v) is 7.16. The van der Waals surface area contributed by atoms with Crippen molar-refractivity contribution in [2.45, 2.75) is 25.8 Å². The molecule has 5 nitrogen and oxygen atoms in total. The molecule has 21 heavy (non-hydrogen) atoms. The Morgan fingerprint density at radius 3 is 2.81 bits per heavy atom. The second-order valence-electron chi connectivity index (χ2n) is 4.47. The molecule has 0 aliphatic rings. The fourth-order valence-corrected chi connectivity index (χ4v) is 3.93. The molecule has 0 radical (unpaired) electrons. The number of nitrogens with one attached hydrogen (secondary N) is 1. The van der Waals surface area contributed by atoms with Gasteiger partial charge in [-0.1, -0.05) is 0 Å². The van der Waals surface area contributed by atoms with Crippen LogP contribution in [0.5, 0.6) is 0 Å². The Balaban J connectivity index is 1.97. The van der Waals surface area contributed by atoms with Crippen molar-refractivity contribution in [3.63, 3.8) is 0 Å². The van der Waals surface area contributed by atoms with E-state index >= 15 is 0 Å². The molecule has 2 N–H and O–H groups in total. The number of hydrogen-bond donors (Lipinski definition) is 2. The lowest BCUT2D eigenvalue weighted by Crippen LogP contribution is -2.33. The van der Waals surface area contributed by atoms with Crippen molar-refractivity contribution in [1.82, 2.24) is 10.3 Å². The first-order valence-corrected chi connectivity index (χ1v) is 8.73. The zero-order chi connectivity index (χ0) is 15.4. The molecule has 8 heteroatoms. The molecular formula is C13H13BrN2O3S2. The van der Waals surface area contributed by atoms with Gasteiger partial charge in [0.05, 0.1) is 4.88 Å². The first-order chi connectivity index (χ1) is 9.95. The summed E-state index contributed by atoms with van der Waals surface area (Å²) in [5, 5.41) is 15.8. The third-order valence-corrected chi connectivity index (χ3v) is 5.39. The van der Waals surface area contributed by atoms with Crippen LogP contribution in [0.15, 0.2) is 21.3 Å². The molecule has 1 unspecified atom stereocenters. The Bertz CT molecular complexity index is 653. The quantitative estimate of drug-likeness (QED) is 0.791. The van der Waals surface area contributed by atoms with Gasteiger partial charge in [-0.15, -0.1) is 22.7 Å². The molecule has 0 aromatic carbocycles. The van der Waals surface area contributed by atoms with Gasteiger partial charge in [0.15, 0.2) is 0 Å². The van der Waals surface area contributed by atoms with Gasteiger partial charge in [0.1, 0.15) is 10.7 Å². The highest BCUT2D eigenvalue weighted by atomic mass is 79.9. The minimum Gasteiger partial charge on any atom is -0.481 e. The molecule has 2 rings (SSSR count). The molecule has 0 saturated heterocycles. The van der Waals surface area contributed by atoms with Crippen molar-refractivity contribution in [2.24, 2.45) is 0 Å². The van der Waals surface area contributed by atoms with E-state index in [-0.39, 0.29) is 18.4 Å². The Hall–Kier alpha value is -1.25. The van der Waals surface area contributed by atoms with Crippen LogP contribution in [-0.2, 0) is 4.79 Å². The van der Waals surface area contributed by atoms with E-state index in [0.717, 1.165) is 14.4 Å². The van der Waals surface area contributed by atoms with Gasteiger partial charge in [0, 0.05) is 27.7 Å².